The zero-order chi connectivity index (χ0) is 20.9. The van der Waals surface area contributed by atoms with Gasteiger partial charge in [-0.2, -0.15) is 0 Å². The van der Waals surface area contributed by atoms with Crippen molar-refractivity contribution in [3.05, 3.63) is 88.0 Å². The Kier molecular flexibility index (Phi) is 4.07. The molecule has 0 atom stereocenters. The molecular weight excluding hydrogens is 372 g/mol. The Morgan fingerprint density at radius 1 is 0.733 bits per heavy atom. The lowest BCUT2D eigenvalue weighted by Gasteiger charge is -2.16. The van der Waals surface area contributed by atoms with Crippen molar-refractivity contribution in [2.24, 2.45) is 20.4 Å². The third kappa shape index (κ3) is 3.50. The molecule has 5 heterocycles. The molecule has 0 spiro atoms. The van der Waals surface area contributed by atoms with Crippen molar-refractivity contribution in [1.29, 1.82) is 0 Å². The maximum Gasteiger partial charge on any atom is 0.107 e. The highest BCUT2D eigenvalue weighted by atomic mass is 16.3. The number of rotatable bonds is 0. The van der Waals surface area contributed by atoms with Gasteiger partial charge < -0.3 is 10.1 Å². The Morgan fingerprint density at radius 2 is 1.23 bits per heavy atom. The molecule has 0 aromatic carbocycles. The van der Waals surface area contributed by atoms with Gasteiger partial charge in [-0.3, -0.25) is 0 Å². The summed E-state index contributed by atoms with van der Waals surface area (Å²) in [5.74, 6) is 0.332. The maximum atomic E-state index is 10.9. The van der Waals surface area contributed by atoms with Gasteiger partial charge in [-0.15, -0.1) is 0 Å². The maximum absolute atomic E-state index is 10.9. The van der Waals surface area contributed by atoms with Gasteiger partial charge in [0.25, 0.3) is 0 Å². The number of nitrogens with zero attached hydrogens (tertiary/aromatic N) is 3. The van der Waals surface area contributed by atoms with Gasteiger partial charge in [-0.25, -0.2) is 15.0 Å². The van der Waals surface area contributed by atoms with E-state index in [1.807, 2.05) is 87.6 Å². The van der Waals surface area contributed by atoms with Crippen LogP contribution in [0.1, 0.15) is 26.5 Å². The summed E-state index contributed by atoms with van der Waals surface area (Å²) in [6.45, 7) is 5.98. The summed E-state index contributed by atoms with van der Waals surface area (Å²) in [5, 5.41) is 12.5. The normalized spacial score (nSPS) is 20.2. The lowest BCUT2D eigenvalue weighted by atomic mass is 9.92. The van der Waals surface area contributed by atoms with Gasteiger partial charge in [-0.1, -0.05) is 20.8 Å². The molecule has 0 radical (unpaired) electrons. The van der Waals surface area contributed by atoms with E-state index < -0.39 is 0 Å². The fourth-order valence-electron chi connectivity index (χ4n) is 3.56. The number of nitrogens with one attached hydrogen (secondary N) is 1. The largest absolute Gasteiger partial charge is 0.511 e. The number of aliphatic imine (C=N–C) groups is 3. The van der Waals surface area contributed by atoms with E-state index >= 15 is 0 Å². The molecule has 0 saturated heterocycles. The van der Waals surface area contributed by atoms with E-state index in [0.29, 0.717) is 5.76 Å². The second-order valence-corrected chi connectivity index (χ2v) is 8.61. The molecule has 1 aromatic heterocycles. The van der Waals surface area contributed by atoms with Gasteiger partial charge in [0.1, 0.15) is 5.76 Å². The van der Waals surface area contributed by atoms with E-state index in [2.05, 4.69) is 20.0 Å². The predicted molar refractivity (Wildman–Crippen MR) is 124 cm³/mol. The van der Waals surface area contributed by atoms with Crippen molar-refractivity contribution < 1.29 is 5.11 Å². The summed E-state index contributed by atoms with van der Waals surface area (Å²) in [6.07, 6.45) is 19.7. The first kappa shape index (κ1) is 18.3. The third-order valence-corrected chi connectivity index (χ3v) is 5.07. The predicted octanol–water partition coefficient (Wildman–Crippen LogP) is 3.66. The van der Waals surface area contributed by atoms with Crippen LogP contribution in [0.5, 0.6) is 0 Å². The molecule has 0 fully saturated rings. The summed E-state index contributed by atoms with van der Waals surface area (Å²) < 4.78 is 0. The van der Waals surface area contributed by atoms with Crippen molar-refractivity contribution in [2.75, 3.05) is 0 Å². The molecular formula is C25H22N4O. The number of aromatic amines is 1. The van der Waals surface area contributed by atoms with Gasteiger partial charge in [-0.05, 0) is 66.8 Å². The minimum absolute atomic E-state index is 0.332. The molecule has 0 amide bonds. The standard InChI is InChI=1S/C25H22N4O/c1-25(2,3)24(30)22-13-21-12-19-7-6-17(27-19)10-15-4-5-16(26-15)11-18-8-9-20(28-18)14-23(22)29-21/h4-14,29-30H,1-3H3. The minimum atomic E-state index is -0.374. The molecule has 5 heteroatoms. The van der Waals surface area contributed by atoms with E-state index in [9.17, 15) is 5.11 Å². The average molecular weight is 394 g/mol. The van der Waals surface area contributed by atoms with Gasteiger partial charge in [0, 0.05) is 16.3 Å². The number of H-pyrrole nitrogens is 1. The van der Waals surface area contributed by atoms with Crippen molar-refractivity contribution in [2.45, 2.75) is 20.8 Å². The molecule has 2 N–H and O–H groups in total. The van der Waals surface area contributed by atoms with Crippen molar-refractivity contribution in [3.63, 3.8) is 0 Å². The van der Waals surface area contributed by atoms with Crippen LogP contribution in [0.4, 0.5) is 0 Å². The first-order chi connectivity index (χ1) is 14.3. The highest BCUT2D eigenvalue weighted by Gasteiger charge is 2.18. The zero-order valence-corrected chi connectivity index (χ0v) is 17.1. The smallest absolute Gasteiger partial charge is 0.107 e. The number of hydrogen-bond acceptors (Lipinski definition) is 4. The number of aliphatic hydroxyl groups excluding tert-OH is 1. The topological polar surface area (TPSA) is 73.1 Å². The van der Waals surface area contributed by atoms with Crippen LogP contribution in [0.3, 0.4) is 0 Å². The molecule has 4 aliphatic heterocycles. The van der Waals surface area contributed by atoms with Crippen molar-refractivity contribution in [1.82, 2.24) is 4.98 Å². The lowest BCUT2D eigenvalue weighted by Crippen LogP contribution is -2.30. The van der Waals surface area contributed by atoms with Crippen LogP contribution >= 0.6 is 0 Å². The third-order valence-electron chi connectivity index (χ3n) is 5.07. The monoisotopic (exact) mass is 394 g/mol. The molecule has 4 aliphatic rings. The highest BCUT2D eigenvalue weighted by Crippen LogP contribution is 2.22. The second-order valence-electron chi connectivity index (χ2n) is 8.61. The van der Waals surface area contributed by atoms with Gasteiger partial charge in [0.15, 0.2) is 0 Å². The molecule has 5 rings (SSSR count). The molecule has 8 bridgehead atoms. The Labute approximate surface area is 174 Å². The molecule has 0 saturated carbocycles. The minimum Gasteiger partial charge on any atom is -0.511 e. The quantitative estimate of drug-likeness (QED) is 0.692. The lowest BCUT2D eigenvalue weighted by molar-refractivity contribution is 0.369. The number of hydrogen-bond donors (Lipinski definition) is 2. The zero-order valence-electron chi connectivity index (χ0n) is 17.1. The van der Waals surface area contributed by atoms with Crippen LogP contribution in [0, 0.1) is 5.41 Å². The molecule has 5 nitrogen and oxygen atoms in total. The van der Waals surface area contributed by atoms with Crippen molar-refractivity contribution >= 4 is 35.0 Å². The van der Waals surface area contributed by atoms with E-state index in [4.69, 9.17) is 0 Å². The number of aromatic nitrogens is 1. The summed E-state index contributed by atoms with van der Waals surface area (Å²) >= 11 is 0. The molecule has 1 aromatic rings. The van der Waals surface area contributed by atoms with E-state index in [-0.39, 0.29) is 5.41 Å². The molecule has 0 unspecified atom stereocenters. The Balaban J connectivity index is 1.76. The summed E-state index contributed by atoms with van der Waals surface area (Å²) in [6, 6.07) is 1.96. The van der Waals surface area contributed by atoms with Gasteiger partial charge in [0.05, 0.1) is 39.6 Å². The number of fused-ring (bicyclic) bond motifs is 5. The highest BCUT2D eigenvalue weighted by molar-refractivity contribution is 6.20. The number of allylic oxidation sites excluding steroid dienone is 8. The first-order valence-electron chi connectivity index (χ1n) is 9.93. The van der Waals surface area contributed by atoms with Crippen molar-refractivity contribution in [3.8, 4) is 0 Å². The van der Waals surface area contributed by atoms with Crippen LogP contribution in [0.15, 0.2) is 86.7 Å². The SMILES string of the molecule is CC(C)(C)C(O)=c1cc2[nH]c1=CC1=NC(=CC3=NC(=CC4=NC(=C2)C=C4)C=C3)C=C1. The van der Waals surface area contributed by atoms with Crippen LogP contribution in [0.2, 0.25) is 0 Å². The van der Waals surface area contributed by atoms with Crippen LogP contribution in [-0.4, -0.2) is 27.2 Å². The van der Waals surface area contributed by atoms with Crippen LogP contribution < -0.4 is 10.6 Å². The number of aliphatic hydroxyl groups is 1. The summed E-state index contributed by atoms with van der Waals surface area (Å²) in [5.41, 5.74) is 5.58. The molecule has 30 heavy (non-hydrogen) atoms. The Morgan fingerprint density at radius 3 is 1.77 bits per heavy atom. The fraction of sp³-hybridized carbons (Fsp3) is 0.160. The van der Waals surface area contributed by atoms with Gasteiger partial charge in [0.2, 0.25) is 0 Å². The van der Waals surface area contributed by atoms with Crippen LogP contribution in [-0.2, 0) is 0 Å². The first-order valence-corrected chi connectivity index (χ1v) is 9.93. The molecule has 148 valence electrons. The fourth-order valence-corrected chi connectivity index (χ4v) is 3.56. The summed E-state index contributed by atoms with van der Waals surface area (Å²) in [4.78, 5) is 17.4. The van der Waals surface area contributed by atoms with Gasteiger partial charge >= 0.3 is 0 Å². The van der Waals surface area contributed by atoms with E-state index in [1.165, 1.54) is 0 Å². The Bertz CT molecular complexity index is 1360. The Hall–Kier alpha value is -3.73. The van der Waals surface area contributed by atoms with E-state index in [1.54, 1.807) is 0 Å². The van der Waals surface area contributed by atoms with E-state index in [0.717, 1.165) is 50.5 Å². The second kappa shape index (κ2) is 6.66. The molecule has 0 aliphatic carbocycles. The van der Waals surface area contributed by atoms with Crippen LogP contribution in [0.25, 0.3) is 17.9 Å². The average Bonchev–Trinajstić information content (AvgIpc) is 3.45. The summed E-state index contributed by atoms with van der Waals surface area (Å²) in [7, 11) is 0.